The van der Waals surface area contributed by atoms with Crippen molar-refractivity contribution in [2.75, 3.05) is 4.90 Å². The highest BCUT2D eigenvalue weighted by atomic mass is 16.3. The lowest BCUT2D eigenvalue weighted by atomic mass is 9.11. The van der Waals surface area contributed by atoms with E-state index in [9.17, 15) is 0 Å². The average Bonchev–Trinajstić information content (AvgIpc) is 3.84. The summed E-state index contributed by atoms with van der Waals surface area (Å²) in [4.78, 5) is 2.59. The van der Waals surface area contributed by atoms with Crippen LogP contribution in [0.25, 0.3) is 66.1 Å². The standard InChI is InChI=1S/C61H49NO/c1-2-12-38(13-3-1)45-19-10-14-39-15-11-20-50(59(39)45)48-17-5-8-22-54(48)62(43-27-24-37(25-28-43)40-26-31-56-51(32-40)49-18-6-9-23-55(49)63-56)44-29-30-47-46-16-4-7-21-52(46)61(53(47)36-44)57-34-41-33-42-35-58(61)60(41,42)57/h4-11,14-32,36,38,41-42,57-58H,1-3,12-13,33-35H2. The van der Waals surface area contributed by atoms with Gasteiger partial charge in [0.2, 0.25) is 0 Å². The van der Waals surface area contributed by atoms with E-state index in [-0.39, 0.29) is 5.41 Å². The van der Waals surface area contributed by atoms with E-state index in [1.54, 1.807) is 11.1 Å². The van der Waals surface area contributed by atoms with Crippen molar-refractivity contribution in [3.8, 4) is 33.4 Å². The Kier molecular flexibility index (Phi) is 7.04. The minimum absolute atomic E-state index is 0.144. The molecule has 1 heterocycles. The molecule has 0 radical (unpaired) electrons. The van der Waals surface area contributed by atoms with Gasteiger partial charge in [-0.3, -0.25) is 0 Å². The van der Waals surface area contributed by atoms with E-state index in [2.05, 4.69) is 169 Å². The summed E-state index contributed by atoms with van der Waals surface area (Å²) in [7, 11) is 0. The number of furan rings is 1. The van der Waals surface area contributed by atoms with E-state index in [0.29, 0.717) is 11.3 Å². The third-order valence-corrected chi connectivity index (χ3v) is 18.0. The van der Waals surface area contributed by atoms with Gasteiger partial charge in [-0.05, 0) is 171 Å². The number of fused-ring (bicyclic) bond motifs is 11. The van der Waals surface area contributed by atoms with Gasteiger partial charge in [0.05, 0.1) is 5.69 Å². The molecule has 0 saturated heterocycles. The number of anilines is 3. The Morgan fingerprint density at radius 3 is 2.00 bits per heavy atom. The third-order valence-electron chi connectivity index (χ3n) is 18.0. The quantitative estimate of drug-likeness (QED) is 0.166. The lowest BCUT2D eigenvalue weighted by Crippen LogP contribution is -2.88. The first-order valence-corrected chi connectivity index (χ1v) is 23.9. The Balaban J connectivity index is 0.919. The number of nitrogens with zero attached hydrogens (tertiary/aromatic N) is 1. The highest BCUT2D eigenvalue weighted by molar-refractivity contribution is 6.07. The molecule has 2 heteroatoms. The molecule has 6 aliphatic rings. The molecule has 0 aliphatic heterocycles. The summed E-state index contributed by atoms with van der Waals surface area (Å²) in [6, 6.07) is 64.8. The van der Waals surface area contributed by atoms with Crippen LogP contribution in [0.2, 0.25) is 0 Å². The minimum atomic E-state index is 0.144. The van der Waals surface area contributed by atoms with Gasteiger partial charge < -0.3 is 9.32 Å². The predicted octanol–water partition coefficient (Wildman–Crippen LogP) is 16.5. The molecular formula is C61H49NO. The second kappa shape index (κ2) is 12.6. The van der Waals surface area contributed by atoms with Crippen molar-refractivity contribution < 1.29 is 4.42 Å². The molecule has 4 unspecified atom stereocenters. The van der Waals surface area contributed by atoms with Crippen LogP contribution in [-0.4, -0.2) is 0 Å². The normalized spacial score (nSPS) is 26.0. The van der Waals surface area contributed by atoms with Gasteiger partial charge in [0, 0.05) is 33.1 Å². The molecule has 5 fully saturated rings. The monoisotopic (exact) mass is 811 g/mol. The molecule has 63 heavy (non-hydrogen) atoms. The van der Waals surface area contributed by atoms with Crippen LogP contribution in [0.5, 0.6) is 0 Å². The SMILES string of the molecule is c1ccc(N(c2ccc(-c3ccc4oc5ccccc5c4c3)cc2)c2ccc3c(c2)C2(c4ccccc4-3)C3CC4CC5CC2C453)c(-c2cccc3cccc(C4CCCCC4)c23)c1. The number of para-hydroxylation sites is 2. The molecule has 15 rings (SSSR count). The molecule has 304 valence electrons. The summed E-state index contributed by atoms with van der Waals surface area (Å²) in [5, 5.41) is 5.09. The first-order valence-electron chi connectivity index (χ1n) is 23.9. The summed E-state index contributed by atoms with van der Waals surface area (Å²) in [6.45, 7) is 0. The van der Waals surface area contributed by atoms with Crippen LogP contribution < -0.4 is 4.90 Å². The van der Waals surface area contributed by atoms with Crippen molar-refractivity contribution in [2.45, 2.75) is 62.7 Å². The largest absolute Gasteiger partial charge is 0.456 e. The molecule has 0 N–H and O–H groups in total. The highest BCUT2D eigenvalue weighted by Gasteiger charge is 2.90. The van der Waals surface area contributed by atoms with Gasteiger partial charge in [-0.1, -0.05) is 141 Å². The summed E-state index contributed by atoms with van der Waals surface area (Å²) in [5.74, 6) is 4.12. The van der Waals surface area contributed by atoms with E-state index in [1.165, 1.54) is 118 Å². The molecule has 8 aromatic carbocycles. The number of rotatable bonds is 6. The highest BCUT2D eigenvalue weighted by Crippen LogP contribution is 2.94. The Morgan fingerprint density at radius 2 is 1.16 bits per heavy atom. The third kappa shape index (κ3) is 4.40. The van der Waals surface area contributed by atoms with Crippen molar-refractivity contribution in [2.24, 2.45) is 29.1 Å². The second-order valence-electron chi connectivity index (χ2n) is 20.1. The summed E-state index contributed by atoms with van der Waals surface area (Å²) in [5.41, 5.74) is 19.0. The maximum Gasteiger partial charge on any atom is 0.135 e. The number of hydrogen-bond acceptors (Lipinski definition) is 2. The van der Waals surface area contributed by atoms with E-state index in [1.807, 2.05) is 6.07 Å². The Labute approximate surface area is 369 Å². The number of benzene rings is 8. The zero-order valence-corrected chi connectivity index (χ0v) is 35.6. The molecule has 1 aromatic heterocycles. The summed E-state index contributed by atoms with van der Waals surface area (Å²) >= 11 is 0. The molecule has 9 aromatic rings. The van der Waals surface area contributed by atoms with Crippen LogP contribution >= 0.6 is 0 Å². The first-order chi connectivity index (χ1) is 31.2. The van der Waals surface area contributed by atoms with Crippen molar-refractivity contribution in [3.05, 3.63) is 187 Å². The Hall–Kier alpha value is -6.38. The van der Waals surface area contributed by atoms with Crippen LogP contribution in [0.4, 0.5) is 17.1 Å². The summed E-state index contributed by atoms with van der Waals surface area (Å²) < 4.78 is 6.22. The van der Waals surface area contributed by atoms with Crippen molar-refractivity contribution in [3.63, 3.8) is 0 Å². The maximum absolute atomic E-state index is 6.22. The van der Waals surface area contributed by atoms with E-state index < -0.39 is 0 Å². The van der Waals surface area contributed by atoms with Crippen LogP contribution in [0.1, 0.15) is 74.0 Å². The first kappa shape index (κ1) is 35.1. The second-order valence-corrected chi connectivity index (χ2v) is 20.1. The molecule has 0 bridgehead atoms. The van der Waals surface area contributed by atoms with Gasteiger partial charge in [-0.25, -0.2) is 0 Å². The maximum atomic E-state index is 6.22. The van der Waals surface area contributed by atoms with E-state index in [0.717, 1.165) is 45.6 Å². The van der Waals surface area contributed by atoms with Crippen LogP contribution in [0.15, 0.2) is 174 Å². The van der Waals surface area contributed by atoms with Gasteiger partial charge in [-0.2, -0.15) is 0 Å². The summed E-state index contributed by atoms with van der Waals surface area (Å²) in [6.07, 6.45) is 10.9. The van der Waals surface area contributed by atoms with Gasteiger partial charge in [0.15, 0.2) is 0 Å². The Bertz CT molecular complexity index is 3340. The molecule has 6 aliphatic carbocycles. The van der Waals surface area contributed by atoms with Gasteiger partial charge in [-0.15, -0.1) is 0 Å². The zero-order chi connectivity index (χ0) is 41.0. The predicted molar refractivity (Wildman–Crippen MR) is 259 cm³/mol. The molecule has 4 atom stereocenters. The van der Waals surface area contributed by atoms with Crippen LogP contribution in [0, 0.1) is 29.1 Å². The van der Waals surface area contributed by atoms with E-state index >= 15 is 0 Å². The van der Waals surface area contributed by atoms with Crippen LogP contribution in [-0.2, 0) is 5.41 Å². The van der Waals surface area contributed by atoms with Gasteiger partial charge in [0.25, 0.3) is 0 Å². The van der Waals surface area contributed by atoms with Crippen molar-refractivity contribution in [1.82, 2.24) is 0 Å². The topological polar surface area (TPSA) is 16.4 Å². The molecule has 2 spiro atoms. The average molecular weight is 812 g/mol. The van der Waals surface area contributed by atoms with E-state index in [4.69, 9.17) is 4.42 Å². The number of hydrogen-bond donors (Lipinski definition) is 0. The molecule has 0 amide bonds. The lowest BCUT2D eigenvalue weighted by molar-refractivity contribution is -0.412. The smallest absolute Gasteiger partial charge is 0.135 e. The van der Waals surface area contributed by atoms with Crippen molar-refractivity contribution >= 4 is 49.8 Å². The molecular weight excluding hydrogens is 763 g/mol. The minimum Gasteiger partial charge on any atom is -0.456 e. The Morgan fingerprint density at radius 1 is 0.476 bits per heavy atom. The fraction of sp³-hybridized carbons (Fsp3) is 0.246. The van der Waals surface area contributed by atoms with Gasteiger partial charge >= 0.3 is 0 Å². The fourth-order valence-electron chi connectivity index (χ4n) is 15.5. The van der Waals surface area contributed by atoms with Gasteiger partial charge in [0.1, 0.15) is 11.2 Å². The zero-order valence-electron chi connectivity index (χ0n) is 35.6. The van der Waals surface area contributed by atoms with Crippen molar-refractivity contribution in [1.29, 1.82) is 0 Å². The lowest BCUT2D eigenvalue weighted by Gasteiger charge is -2.92. The molecule has 5 saturated carbocycles. The van der Waals surface area contributed by atoms with Crippen LogP contribution in [0.3, 0.4) is 0 Å². The fourth-order valence-corrected chi connectivity index (χ4v) is 15.5. The molecule has 2 nitrogen and oxygen atoms in total.